The summed E-state index contributed by atoms with van der Waals surface area (Å²) in [4.78, 5) is 46.6. The predicted molar refractivity (Wildman–Crippen MR) is 117 cm³/mol. The highest BCUT2D eigenvalue weighted by Crippen LogP contribution is 2.22. The van der Waals surface area contributed by atoms with E-state index >= 15 is 0 Å². The van der Waals surface area contributed by atoms with Crippen LogP contribution in [0.1, 0.15) is 47.4 Å². The first-order valence-electron chi connectivity index (χ1n) is 11.0. The maximum absolute atomic E-state index is 12.4. The Morgan fingerprint density at radius 2 is 1.61 bits per heavy atom. The number of amides is 3. The standard InChI is InChI=1S/C22H31N5O4/c1-3-23-21(25-13-15-26(16-14-25)22(30)31-4-2)24-11-7-8-12-27-19(28)17-9-5-6-10-18(17)20(27)29/h5-6,9-10H,3-4,7-8,11-16H2,1-2H3,(H,23,24). The van der Waals surface area contributed by atoms with Gasteiger partial charge in [0.05, 0.1) is 17.7 Å². The zero-order valence-corrected chi connectivity index (χ0v) is 18.3. The molecular weight excluding hydrogens is 398 g/mol. The van der Waals surface area contributed by atoms with Crippen LogP contribution in [0.15, 0.2) is 29.3 Å². The van der Waals surface area contributed by atoms with E-state index < -0.39 is 0 Å². The maximum atomic E-state index is 12.4. The van der Waals surface area contributed by atoms with Crippen LogP contribution in [0.4, 0.5) is 4.79 Å². The van der Waals surface area contributed by atoms with Crippen molar-refractivity contribution in [3.05, 3.63) is 35.4 Å². The summed E-state index contributed by atoms with van der Waals surface area (Å²) in [7, 11) is 0. The molecule has 3 rings (SSSR count). The number of piperazine rings is 1. The summed E-state index contributed by atoms with van der Waals surface area (Å²) in [6, 6.07) is 6.95. The van der Waals surface area contributed by atoms with Crippen molar-refractivity contribution in [3.8, 4) is 0 Å². The third-order valence-electron chi connectivity index (χ3n) is 5.37. The molecule has 1 aromatic carbocycles. The molecule has 1 saturated heterocycles. The molecule has 0 radical (unpaired) electrons. The molecule has 2 aliphatic heterocycles. The van der Waals surface area contributed by atoms with Crippen molar-refractivity contribution < 1.29 is 19.1 Å². The third-order valence-corrected chi connectivity index (χ3v) is 5.37. The fourth-order valence-electron chi connectivity index (χ4n) is 3.75. The zero-order valence-electron chi connectivity index (χ0n) is 18.3. The topological polar surface area (TPSA) is 94.5 Å². The van der Waals surface area contributed by atoms with Gasteiger partial charge in [0.1, 0.15) is 0 Å². The molecule has 1 fully saturated rings. The summed E-state index contributed by atoms with van der Waals surface area (Å²) in [6.07, 6.45) is 1.20. The highest BCUT2D eigenvalue weighted by molar-refractivity contribution is 6.21. The number of nitrogens with one attached hydrogen (secondary N) is 1. The van der Waals surface area contributed by atoms with Crippen LogP contribution >= 0.6 is 0 Å². The van der Waals surface area contributed by atoms with E-state index in [0.29, 0.717) is 63.4 Å². The number of fused-ring (bicyclic) bond motifs is 1. The van der Waals surface area contributed by atoms with Crippen molar-refractivity contribution in [2.75, 3.05) is 52.4 Å². The minimum Gasteiger partial charge on any atom is -0.450 e. The molecule has 1 aromatic rings. The molecule has 0 aromatic heterocycles. The third kappa shape index (κ3) is 5.34. The summed E-state index contributed by atoms with van der Waals surface area (Å²) in [5.41, 5.74) is 0.976. The van der Waals surface area contributed by atoms with Crippen LogP contribution in [0.5, 0.6) is 0 Å². The first kappa shape index (κ1) is 22.6. The Bertz CT molecular complexity index is 798. The van der Waals surface area contributed by atoms with Crippen molar-refractivity contribution in [2.45, 2.75) is 26.7 Å². The molecule has 0 unspecified atom stereocenters. The predicted octanol–water partition coefficient (Wildman–Crippen LogP) is 1.80. The number of nitrogens with zero attached hydrogens (tertiary/aromatic N) is 4. The van der Waals surface area contributed by atoms with Gasteiger partial charge in [-0.1, -0.05) is 12.1 Å². The molecule has 0 saturated carbocycles. The SMILES string of the molecule is CCNC(=NCCCCN1C(=O)c2ccccc2C1=O)N1CCN(C(=O)OCC)CC1. The monoisotopic (exact) mass is 429 g/mol. The second kappa shape index (κ2) is 10.8. The number of rotatable bonds is 7. The second-order valence-corrected chi connectivity index (χ2v) is 7.42. The Kier molecular flexibility index (Phi) is 7.86. The van der Waals surface area contributed by atoms with E-state index in [9.17, 15) is 14.4 Å². The normalized spacial score (nSPS) is 16.6. The van der Waals surface area contributed by atoms with E-state index in [4.69, 9.17) is 9.73 Å². The number of hydrogen-bond donors (Lipinski definition) is 1. The lowest BCUT2D eigenvalue weighted by Gasteiger charge is -2.35. The van der Waals surface area contributed by atoms with Crippen molar-refractivity contribution in [1.82, 2.24) is 20.0 Å². The van der Waals surface area contributed by atoms with Gasteiger partial charge < -0.3 is 19.9 Å². The molecule has 31 heavy (non-hydrogen) atoms. The van der Waals surface area contributed by atoms with Crippen molar-refractivity contribution in [3.63, 3.8) is 0 Å². The first-order valence-corrected chi connectivity index (χ1v) is 11.0. The van der Waals surface area contributed by atoms with Gasteiger partial charge in [0.2, 0.25) is 0 Å². The molecule has 0 spiro atoms. The number of imide groups is 1. The smallest absolute Gasteiger partial charge is 0.409 e. The van der Waals surface area contributed by atoms with Crippen LogP contribution in [0.25, 0.3) is 0 Å². The molecule has 1 N–H and O–H groups in total. The number of aliphatic imine (C=N–C) groups is 1. The fraction of sp³-hybridized carbons (Fsp3) is 0.545. The van der Waals surface area contributed by atoms with Crippen LogP contribution in [0.2, 0.25) is 0 Å². The minimum absolute atomic E-state index is 0.211. The number of unbranched alkanes of at least 4 members (excludes halogenated alkanes) is 1. The average Bonchev–Trinajstić information content (AvgIpc) is 3.03. The van der Waals surface area contributed by atoms with E-state index in [2.05, 4.69) is 10.2 Å². The summed E-state index contributed by atoms with van der Waals surface area (Å²) in [5.74, 6) is 0.403. The quantitative estimate of drug-likeness (QED) is 0.307. The minimum atomic E-state index is -0.266. The number of benzene rings is 1. The maximum Gasteiger partial charge on any atom is 0.409 e. The zero-order chi connectivity index (χ0) is 22.2. The fourth-order valence-corrected chi connectivity index (χ4v) is 3.75. The van der Waals surface area contributed by atoms with Crippen molar-refractivity contribution in [1.29, 1.82) is 0 Å². The number of carbonyl (C=O) groups is 3. The Hall–Kier alpha value is -3.10. The number of carbonyl (C=O) groups excluding carboxylic acids is 3. The van der Waals surface area contributed by atoms with E-state index in [1.807, 2.05) is 6.92 Å². The Morgan fingerprint density at radius 3 is 2.19 bits per heavy atom. The average molecular weight is 430 g/mol. The van der Waals surface area contributed by atoms with Gasteiger partial charge in [-0.3, -0.25) is 19.5 Å². The summed E-state index contributed by atoms with van der Waals surface area (Å²) >= 11 is 0. The molecule has 0 atom stereocenters. The van der Waals surface area contributed by atoms with Crippen molar-refractivity contribution in [2.24, 2.45) is 4.99 Å². The van der Waals surface area contributed by atoms with Gasteiger partial charge in [-0.15, -0.1) is 0 Å². The summed E-state index contributed by atoms with van der Waals surface area (Å²) in [5, 5.41) is 3.30. The lowest BCUT2D eigenvalue weighted by atomic mass is 10.1. The summed E-state index contributed by atoms with van der Waals surface area (Å²) < 4.78 is 5.06. The van der Waals surface area contributed by atoms with Gasteiger partial charge in [-0.05, 0) is 38.8 Å². The number of hydrogen-bond acceptors (Lipinski definition) is 5. The number of ether oxygens (including phenoxy) is 1. The molecule has 2 aliphatic rings. The highest BCUT2D eigenvalue weighted by Gasteiger charge is 2.34. The van der Waals surface area contributed by atoms with Gasteiger partial charge in [0, 0.05) is 45.8 Å². The number of guanidine groups is 1. The molecular formula is C22H31N5O4. The largest absolute Gasteiger partial charge is 0.450 e. The van der Waals surface area contributed by atoms with E-state index in [1.54, 1.807) is 36.1 Å². The molecule has 9 heteroatoms. The van der Waals surface area contributed by atoms with Gasteiger partial charge in [-0.25, -0.2) is 4.79 Å². The Balaban J connectivity index is 1.45. The van der Waals surface area contributed by atoms with Crippen LogP contribution in [-0.2, 0) is 4.74 Å². The Labute approximate surface area is 183 Å². The molecule has 3 amide bonds. The van der Waals surface area contributed by atoms with Gasteiger partial charge in [0.25, 0.3) is 11.8 Å². The van der Waals surface area contributed by atoms with Crippen LogP contribution in [0, 0.1) is 0 Å². The van der Waals surface area contributed by atoms with Crippen molar-refractivity contribution >= 4 is 23.9 Å². The summed E-state index contributed by atoms with van der Waals surface area (Å²) in [6.45, 7) is 8.55. The molecule has 2 heterocycles. The molecule has 0 bridgehead atoms. The molecule has 168 valence electrons. The van der Waals surface area contributed by atoms with Gasteiger partial charge >= 0.3 is 6.09 Å². The van der Waals surface area contributed by atoms with E-state index in [-0.39, 0.29) is 17.9 Å². The van der Waals surface area contributed by atoms with Gasteiger partial charge in [0.15, 0.2) is 5.96 Å². The Morgan fingerprint density at radius 1 is 1.00 bits per heavy atom. The van der Waals surface area contributed by atoms with E-state index in [1.165, 1.54) is 4.90 Å². The first-order chi connectivity index (χ1) is 15.1. The van der Waals surface area contributed by atoms with E-state index in [0.717, 1.165) is 18.9 Å². The van der Waals surface area contributed by atoms with Gasteiger partial charge in [-0.2, -0.15) is 0 Å². The van der Waals surface area contributed by atoms with Crippen LogP contribution in [-0.4, -0.2) is 91.0 Å². The molecule has 0 aliphatic carbocycles. The van der Waals surface area contributed by atoms with Crippen LogP contribution in [0.3, 0.4) is 0 Å². The molecule has 9 nitrogen and oxygen atoms in total. The lowest BCUT2D eigenvalue weighted by molar-refractivity contribution is 0.0651. The highest BCUT2D eigenvalue weighted by atomic mass is 16.6. The lowest BCUT2D eigenvalue weighted by Crippen LogP contribution is -2.53. The van der Waals surface area contributed by atoms with Crippen LogP contribution < -0.4 is 5.32 Å². The second-order valence-electron chi connectivity index (χ2n) is 7.42.